The highest BCUT2D eigenvalue weighted by Crippen LogP contribution is 2.39. The Balaban J connectivity index is 1.11. The lowest BCUT2D eigenvalue weighted by Crippen LogP contribution is -2.35. The number of amides is 2. The summed E-state index contributed by atoms with van der Waals surface area (Å²) in [5.41, 5.74) is 6.89. The summed E-state index contributed by atoms with van der Waals surface area (Å²) in [6, 6.07) is 18.9. The van der Waals surface area contributed by atoms with Gasteiger partial charge in [0.25, 0.3) is 5.56 Å². The normalized spacial score (nSPS) is 17.4. The lowest BCUT2D eigenvalue weighted by atomic mass is 9.92. The van der Waals surface area contributed by atoms with E-state index in [9.17, 15) is 14.4 Å². The van der Waals surface area contributed by atoms with Gasteiger partial charge < -0.3 is 21.3 Å². The third-order valence-corrected chi connectivity index (χ3v) is 9.67. The average molecular weight is 680 g/mol. The first-order chi connectivity index (χ1) is 23.7. The third-order valence-electron chi connectivity index (χ3n) is 9.27. The number of carbonyl (C=O) groups is 2. The molecule has 250 valence electrons. The summed E-state index contributed by atoms with van der Waals surface area (Å²) in [6.45, 7) is 3.75. The summed E-state index contributed by atoms with van der Waals surface area (Å²) >= 11 is 7.01. The van der Waals surface area contributed by atoms with E-state index >= 15 is 4.39 Å². The lowest BCUT2D eigenvalue weighted by Gasteiger charge is -2.16. The molecule has 2 aliphatic heterocycles. The molecule has 10 nitrogen and oxygen atoms in total. The van der Waals surface area contributed by atoms with Crippen LogP contribution in [0.25, 0.3) is 39.2 Å². The molecule has 0 saturated carbocycles. The fraction of sp³-hybridized carbons (Fsp3) is 0.270. The average Bonchev–Trinajstić information content (AvgIpc) is 3.72. The number of pyridine rings is 2. The topological polar surface area (TPSA) is 130 Å². The molecule has 2 amide bonds. The Hall–Kier alpha value is -4.97. The summed E-state index contributed by atoms with van der Waals surface area (Å²) in [4.78, 5) is 45.0. The first-order valence-electron chi connectivity index (χ1n) is 16.3. The number of nitrogens with zero attached hydrogens (tertiary/aromatic N) is 3. The minimum atomic E-state index is -0.574. The largest absolute Gasteiger partial charge is 0.354 e. The van der Waals surface area contributed by atoms with Crippen LogP contribution in [-0.4, -0.2) is 51.4 Å². The van der Waals surface area contributed by atoms with Crippen molar-refractivity contribution in [1.29, 1.82) is 0 Å². The maximum atomic E-state index is 15.1. The maximum absolute atomic E-state index is 15.1. The van der Waals surface area contributed by atoms with Crippen LogP contribution in [0.5, 0.6) is 0 Å². The van der Waals surface area contributed by atoms with Crippen LogP contribution in [0.4, 0.5) is 4.39 Å². The number of carbonyl (C=O) groups excluding carboxylic acids is 2. The zero-order chi connectivity index (χ0) is 34.1. The SMILES string of the molecule is Cc1c(-c2ccn3c(=O)c(CN[C@H]4CNC(=O)C4)cnc3c2)cccc1-c1cccc(-c2ccc(CNC[C@H]3CCC(=O)N3)c(F)n2)c1Cl. The molecule has 4 N–H and O–H groups in total. The van der Waals surface area contributed by atoms with Gasteiger partial charge in [-0.25, -0.2) is 9.97 Å². The van der Waals surface area contributed by atoms with Gasteiger partial charge in [-0.2, -0.15) is 4.39 Å². The molecule has 0 bridgehead atoms. The van der Waals surface area contributed by atoms with Crippen molar-refractivity contribution >= 4 is 29.1 Å². The van der Waals surface area contributed by atoms with Crippen LogP contribution in [0.3, 0.4) is 0 Å². The second-order valence-electron chi connectivity index (χ2n) is 12.5. The van der Waals surface area contributed by atoms with E-state index in [-0.39, 0.29) is 29.5 Å². The van der Waals surface area contributed by atoms with Crippen LogP contribution in [0.15, 0.2) is 77.9 Å². The van der Waals surface area contributed by atoms with Gasteiger partial charge >= 0.3 is 0 Å². The molecule has 5 heterocycles. The molecular weight excluding hydrogens is 645 g/mol. The highest BCUT2D eigenvalue weighted by molar-refractivity contribution is 6.36. The van der Waals surface area contributed by atoms with E-state index in [2.05, 4.69) is 31.2 Å². The molecule has 3 aromatic heterocycles. The van der Waals surface area contributed by atoms with E-state index in [1.54, 1.807) is 24.5 Å². The third kappa shape index (κ3) is 6.82. The van der Waals surface area contributed by atoms with Gasteiger partial charge in [0, 0.05) is 80.2 Å². The molecule has 2 aliphatic rings. The van der Waals surface area contributed by atoms with Crippen molar-refractivity contribution in [2.24, 2.45) is 0 Å². The van der Waals surface area contributed by atoms with Crippen LogP contribution in [0, 0.1) is 12.9 Å². The smallest absolute Gasteiger partial charge is 0.262 e. The minimum absolute atomic E-state index is 0.00327. The molecule has 49 heavy (non-hydrogen) atoms. The predicted octanol–water partition coefficient (Wildman–Crippen LogP) is 4.54. The second kappa shape index (κ2) is 13.9. The van der Waals surface area contributed by atoms with Crippen LogP contribution >= 0.6 is 11.6 Å². The van der Waals surface area contributed by atoms with Crippen molar-refractivity contribution in [2.45, 2.75) is 51.4 Å². The molecule has 2 atom stereocenters. The van der Waals surface area contributed by atoms with Crippen LogP contribution in [0.2, 0.25) is 5.02 Å². The fourth-order valence-electron chi connectivity index (χ4n) is 6.54. The zero-order valence-electron chi connectivity index (χ0n) is 26.9. The number of halogens is 2. The Morgan fingerprint density at radius 3 is 2.51 bits per heavy atom. The Morgan fingerprint density at radius 2 is 1.76 bits per heavy atom. The summed E-state index contributed by atoms with van der Waals surface area (Å²) in [5.74, 6) is -0.523. The molecule has 0 radical (unpaired) electrons. The van der Waals surface area contributed by atoms with Crippen molar-refractivity contribution in [3.8, 4) is 33.5 Å². The zero-order valence-corrected chi connectivity index (χ0v) is 27.6. The molecule has 12 heteroatoms. The predicted molar refractivity (Wildman–Crippen MR) is 186 cm³/mol. The standard InChI is InChI=1S/C37H35ClFN7O3/c1-21-27(22-12-13-46-32(14-22)42-18-24(37(46)49)17-41-26-15-34(48)43-20-26)4-2-5-28(21)29-6-3-7-30(35(29)38)31-10-8-23(36(39)45-31)16-40-19-25-9-11-33(47)44-25/h2-8,10,12-14,18,25-26,40-41H,9,11,15-17,19-20H2,1H3,(H,43,48)(H,44,47)/t25-,26-/m1/s1. The molecule has 0 spiro atoms. The summed E-state index contributed by atoms with van der Waals surface area (Å²) in [6.07, 6.45) is 5.01. The quantitative estimate of drug-likeness (QED) is 0.160. The Morgan fingerprint density at radius 1 is 0.959 bits per heavy atom. The van der Waals surface area contributed by atoms with E-state index in [4.69, 9.17) is 11.6 Å². The van der Waals surface area contributed by atoms with Crippen molar-refractivity contribution in [3.63, 3.8) is 0 Å². The molecule has 2 saturated heterocycles. The summed E-state index contributed by atoms with van der Waals surface area (Å²) in [7, 11) is 0. The van der Waals surface area contributed by atoms with Crippen molar-refractivity contribution < 1.29 is 14.0 Å². The number of nitrogens with one attached hydrogen (secondary N) is 4. The van der Waals surface area contributed by atoms with Gasteiger partial charge in [0.1, 0.15) is 5.65 Å². The van der Waals surface area contributed by atoms with Crippen LogP contribution in [-0.2, 0) is 22.7 Å². The number of aromatic nitrogens is 3. The molecule has 7 rings (SSSR count). The van der Waals surface area contributed by atoms with E-state index < -0.39 is 5.95 Å². The molecule has 0 aliphatic carbocycles. The Labute approximate surface area is 287 Å². The molecule has 5 aromatic rings. The van der Waals surface area contributed by atoms with Gasteiger partial charge in [-0.1, -0.05) is 54.1 Å². The first-order valence-corrected chi connectivity index (χ1v) is 16.7. The van der Waals surface area contributed by atoms with Crippen LogP contribution in [0.1, 0.15) is 36.0 Å². The van der Waals surface area contributed by atoms with Gasteiger partial charge in [0.15, 0.2) is 0 Å². The van der Waals surface area contributed by atoms with E-state index in [0.717, 1.165) is 34.2 Å². The Kier molecular flexibility index (Phi) is 9.22. The van der Waals surface area contributed by atoms with Gasteiger partial charge in [-0.05, 0) is 53.8 Å². The number of benzene rings is 2. The molecule has 2 fully saturated rings. The number of hydrogen-bond donors (Lipinski definition) is 4. The highest BCUT2D eigenvalue weighted by Gasteiger charge is 2.22. The second-order valence-corrected chi connectivity index (χ2v) is 12.9. The van der Waals surface area contributed by atoms with Crippen molar-refractivity contribution in [1.82, 2.24) is 35.6 Å². The molecular formula is C37H35ClFN7O3. The molecule has 2 aromatic carbocycles. The number of hydrogen-bond acceptors (Lipinski definition) is 7. The van der Waals surface area contributed by atoms with Crippen LogP contribution < -0.4 is 26.8 Å². The van der Waals surface area contributed by atoms with Gasteiger partial charge in [0.2, 0.25) is 17.8 Å². The molecule has 0 unspecified atom stereocenters. The Bertz CT molecular complexity index is 2150. The summed E-state index contributed by atoms with van der Waals surface area (Å²) in [5, 5.41) is 12.6. The van der Waals surface area contributed by atoms with E-state index in [1.165, 1.54) is 4.40 Å². The maximum Gasteiger partial charge on any atom is 0.262 e. The lowest BCUT2D eigenvalue weighted by molar-refractivity contribution is -0.120. The van der Waals surface area contributed by atoms with Gasteiger partial charge in [-0.15, -0.1) is 0 Å². The van der Waals surface area contributed by atoms with E-state index in [0.29, 0.717) is 72.1 Å². The number of rotatable bonds is 10. The summed E-state index contributed by atoms with van der Waals surface area (Å²) < 4.78 is 16.7. The fourth-order valence-corrected chi connectivity index (χ4v) is 6.86. The monoisotopic (exact) mass is 679 g/mol. The van der Waals surface area contributed by atoms with Gasteiger partial charge in [-0.3, -0.25) is 18.8 Å². The first kappa shape index (κ1) is 32.6. The number of fused-ring (bicyclic) bond motifs is 1. The van der Waals surface area contributed by atoms with Crippen molar-refractivity contribution in [3.05, 3.63) is 111 Å². The highest BCUT2D eigenvalue weighted by atomic mass is 35.5. The van der Waals surface area contributed by atoms with E-state index in [1.807, 2.05) is 55.5 Å². The van der Waals surface area contributed by atoms with Crippen molar-refractivity contribution in [2.75, 3.05) is 13.1 Å². The minimum Gasteiger partial charge on any atom is -0.354 e. The van der Waals surface area contributed by atoms with Gasteiger partial charge in [0.05, 0.1) is 16.3 Å².